The lowest BCUT2D eigenvalue weighted by molar-refractivity contribution is 0.177. The maximum Gasteiger partial charge on any atom is 0.166 e. The van der Waals surface area contributed by atoms with E-state index >= 15 is 0 Å². The summed E-state index contributed by atoms with van der Waals surface area (Å²) in [5.41, 5.74) is 1.21. The molecule has 2 atom stereocenters. The van der Waals surface area contributed by atoms with Crippen LogP contribution < -0.4 is 14.8 Å². The lowest BCUT2D eigenvalue weighted by atomic mass is 10.0. The molecule has 0 bridgehead atoms. The van der Waals surface area contributed by atoms with Gasteiger partial charge in [0.05, 0.1) is 13.2 Å². The summed E-state index contributed by atoms with van der Waals surface area (Å²) in [5.74, 6) is 1.74. The fourth-order valence-corrected chi connectivity index (χ4v) is 2.34. The van der Waals surface area contributed by atoms with E-state index < -0.39 is 0 Å². The van der Waals surface area contributed by atoms with Crippen molar-refractivity contribution in [2.75, 3.05) is 14.2 Å². The second-order valence-electron chi connectivity index (χ2n) is 4.09. The Bertz CT molecular complexity index is 365. The highest BCUT2D eigenvalue weighted by Crippen LogP contribution is 2.43. The van der Waals surface area contributed by atoms with Crippen molar-refractivity contribution in [3.05, 3.63) is 23.8 Å². The molecular weight excluding hydrogens is 202 g/mol. The number of likely N-dealkylation sites (N-methyl/N-ethyl adjacent to an activating group) is 1. The molecule has 0 amide bonds. The average molecular weight is 221 g/mol. The zero-order chi connectivity index (χ0) is 11.5. The maximum atomic E-state index is 5.99. The van der Waals surface area contributed by atoms with Gasteiger partial charge in [-0.2, -0.15) is 0 Å². The number of para-hydroxylation sites is 1. The third kappa shape index (κ3) is 1.76. The third-order valence-corrected chi connectivity index (χ3v) is 3.09. The number of hydrogen-bond donors (Lipinski definition) is 1. The number of fused-ring (bicyclic) bond motifs is 1. The topological polar surface area (TPSA) is 30.5 Å². The van der Waals surface area contributed by atoms with Crippen LogP contribution in [0.5, 0.6) is 11.5 Å². The first kappa shape index (κ1) is 11.3. The van der Waals surface area contributed by atoms with Crippen LogP contribution in [-0.4, -0.2) is 20.3 Å². The zero-order valence-electron chi connectivity index (χ0n) is 10.1. The summed E-state index contributed by atoms with van der Waals surface area (Å²) in [4.78, 5) is 0. The van der Waals surface area contributed by atoms with E-state index in [0.717, 1.165) is 24.3 Å². The molecule has 0 radical (unpaired) electrons. The van der Waals surface area contributed by atoms with Gasteiger partial charge in [-0.1, -0.05) is 25.5 Å². The molecule has 16 heavy (non-hydrogen) atoms. The van der Waals surface area contributed by atoms with E-state index in [9.17, 15) is 0 Å². The highest BCUT2D eigenvalue weighted by molar-refractivity contribution is 5.51. The molecular formula is C13H19NO2. The van der Waals surface area contributed by atoms with Crippen LogP contribution in [-0.2, 0) is 0 Å². The summed E-state index contributed by atoms with van der Waals surface area (Å²) in [6.45, 7) is 2.18. The first-order chi connectivity index (χ1) is 7.81. The van der Waals surface area contributed by atoms with Crippen molar-refractivity contribution in [3.8, 4) is 11.5 Å². The zero-order valence-corrected chi connectivity index (χ0v) is 10.1. The molecule has 0 saturated carbocycles. The van der Waals surface area contributed by atoms with Gasteiger partial charge in [0.25, 0.3) is 0 Å². The van der Waals surface area contributed by atoms with Crippen LogP contribution in [0.25, 0.3) is 0 Å². The van der Waals surface area contributed by atoms with Crippen LogP contribution in [0.15, 0.2) is 18.2 Å². The summed E-state index contributed by atoms with van der Waals surface area (Å²) in [6.07, 6.45) is 2.41. The van der Waals surface area contributed by atoms with E-state index in [1.54, 1.807) is 7.11 Å². The van der Waals surface area contributed by atoms with Crippen LogP contribution >= 0.6 is 0 Å². The quantitative estimate of drug-likeness (QED) is 0.847. The van der Waals surface area contributed by atoms with E-state index in [4.69, 9.17) is 9.47 Å². The molecule has 88 valence electrons. The molecule has 1 aromatic carbocycles. The molecule has 2 unspecified atom stereocenters. The maximum absolute atomic E-state index is 5.99. The van der Waals surface area contributed by atoms with Crippen molar-refractivity contribution in [3.63, 3.8) is 0 Å². The average Bonchev–Trinajstić information content (AvgIpc) is 2.66. The number of methoxy groups -OCH3 is 1. The van der Waals surface area contributed by atoms with Crippen molar-refractivity contribution in [2.24, 2.45) is 0 Å². The van der Waals surface area contributed by atoms with Gasteiger partial charge in [-0.15, -0.1) is 0 Å². The summed E-state index contributed by atoms with van der Waals surface area (Å²) in [7, 11) is 3.66. The number of rotatable bonds is 4. The van der Waals surface area contributed by atoms with Crippen LogP contribution in [0.1, 0.15) is 31.4 Å². The summed E-state index contributed by atoms with van der Waals surface area (Å²) < 4.78 is 11.3. The SMILES string of the molecule is CCCC1Oc2c(OC)cccc2C1NC. The minimum Gasteiger partial charge on any atom is -0.493 e. The van der Waals surface area contributed by atoms with Crippen molar-refractivity contribution >= 4 is 0 Å². The van der Waals surface area contributed by atoms with Crippen LogP contribution in [0.4, 0.5) is 0 Å². The Morgan fingerprint density at radius 3 is 2.88 bits per heavy atom. The van der Waals surface area contributed by atoms with Crippen molar-refractivity contribution in [1.29, 1.82) is 0 Å². The molecule has 1 heterocycles. The molecule has 1 N–H and O–H groups in total. The summed E-state index contributed by atoms with van der Waals surface area (Å²) in [6, 6.07) is 6.35. The number of nitrogens with one attached hydrogen (secondary N) is 1. The van der Waals surface area contributed by atoms with E-state index in [1.165, 1.54) is 5.56 Å². The highest BCUT2D eigenvalue weighted by Gasteiger charge is 2.34. The van der Waals surface area contributed by atoms with Gasteiger partial charge in [0, 0.05) is 5.56 Å². The van der Waals surface area contributed by atoms with Gasteiger partial charge in [-0.05, 0) is 19.5 Å². The third-order valence-electron chi connectivity index (χ3n) is 3.09. The molecule has 1 aliphatic rings. The van der Waals surface area contributed by atoms with Gasteiger partial charge in [-0.3, -0.25) is 0 Å². The summed E-state index contributed by atoms with van der Waals surface area (Å²) in [5, 5.41) is 3.33. The monoisotopic (exact) mass is 221 g/mol. The van der Waals surface area contributed by atoms with Gasteiger partial charge in [0.15, 0.2) is 11.5 Å². The van der Waals surface area contributed by atoms with Crippen molar-refractivity contribution < 1.29 is 9.47 Å². The molecule has 0 aromatic heterocycles. The van der Waals surface area contributed by atoms with Crippen LogP contribution in [0, 0.1) is 0 Å². The standard InChI is InChI=1S/C13H19NO2/c1-4-6-10-12(14-2)9-7-5-8-11(15-3)13(9)16-10/h5,7-8,10,12,14H,4,6H2,1-3H3. The van der Waals surface area contributed by atoms with Gasteiger partial charge in [0.1, 0.15) is 6.10 Å². The molecule has 0 spiro atoms. The molecule has 0 saturated heterocycles. The minimum absolute atomic E-state index is 0.223. The van der Waals surface area contributed by atoms with Gasteiger partial charge < -0.3 is 14.8 Å². The fraction of sp³-hybridized carbons (Fsp3) is 0.538. The molecule has 3 nitrogen and oxygen atoms in total. The number of benzene rings is 1. The predicted molar refractivity (Wildman–Crippen MR) is 64.1 cm³/mol. The first-order valence-corrected chi connectivity index (χ1v) is 5.82. The van der Waals surface area contributed by atoms with E-state index in [2.05, 4.69) is 18.3 Å². The summed E-state index contributed by atoms with van der Waals surface area (Å²) >= 11 is 0. The lowest BCUT2D eigenvalue weighted by Gasteiger charge is -2.17. The molecule has 2 rings (SSSR count). The Labute approximate surface area is 96.8 Å². The van der Waals surface area contributed by atoms with Crippen LogP contribution in [0.3, 0.4) is 0 Å². The Morgan fingerprint density at radius 1 is 1.44 bits per heavy atom. The van der Waals surface area contributed by atoms with Crippen LogP contribution in [0.2, 0.25) is 0 Å². The van der Waals surface area contributed by atoms with Gasteiger partial charge in [-0.25, -0.2) is 0 Å². The normalized spacial score (nSPS) is 22.7. The molecule has 0 fully saturated rings. The fourth-order valence-electron chi connectivity index (χ4n) is 2.34. The molecule has 1 aliphatic heterocycles. The Morgan fingerprint density at radius 2 is 2.25 bits per heavy atom. The van der Waals surface area contributed by atoms with E-state index in [-0.39, 0.29) is 12.1 Å². The van der Waals surface area contributed by atoms with Crippen molar-refractivity contribution in [1.82, 2.24) is 5.32 Å². The van der Waals surface area contributed by atoms with Gasteiger partial charge >= 0.3 is 0 Å². The minimum atomic E-state index is 0.223. The second kappa shape index (κ2) is 4.74. The van der Waals surface area contributed by atoms with E-state index in [1.807, 2.05) is 19.2 Å². The second-order valence-corrected chi connectivity index (χ2v) is 4.09. The Kier molecular flexibility index (Phi) is 3.34. The number of hydrogen-bond acceptors (Lipinski definition) is 3. The molecule has 1 aromatic rings. The van der Waals surface area contributed by atoms with Crippen molar-refractivity contribution in [2.45, 2.75) is 31.9 Å². The van der Waals surface area contributed by atoms with Gasteiger partial charge in [0.2, 0.25) is 0 Å². The highest BCUT2D eigenvalue weighted by atomic mass is 16.5. The smallest absolute Gasteiger partial charge is 0.166 e. The first-order valence-electron chi connectivity index (χ1n) is 5.82. The Balaban J connectivity index is 2.33. The Hall–Kier alpha value is -1.22. The largest absolute Gasteiger partial charge is 0.493 e. The lowest BCUT2D eigenvalue weighted by Crippen LogP contribution is -2.28. The van der Waals surface area contributed by atoms with E-state index in [0.29, 0.717) is 0 Å². The number of ether oxygens (including phenoxy) is 2. The molecule has 3 heteroatoms. The predicted octanol–water partition coefficient (Wildman–Crippen LogP) is 2.52. The molecule has 0 aliphatic carbocycles.